The molecule has 0 saturated carbocycles. The van der Waals surface area contributed by atoms with Crippen LogP contribution in [0.15, 0.2) is 24.3 Å². The summed E-state index contributed by atoms with van der Waals surface area (Å²) in [7, 11) is 0. The van der Waals surface area contributed by atoms with Gasteiger partial charge in [-0.2, -0.15) is 0 Å². The molecule has 0 saturated heterocycles. The molecule has 82 valence electrons. The van der Waals surface area contributed by atoms with Crippen molar-refractivity contribution >= 4 is 0 Å². The molecule has 0 aliphatic carbocycles. The molecule has 0 aliphatic rings. The topological polar surface area (TPSA) is 0 Å². The van der Waals surface area contributed by atoms with Crippen molar-refractivity contribution in [1.29, 1.82) is 0 Å². The molecule has 14 heavy (non-hydrogen) atoms. The van der Waals surface area contributed by atoms with Crippen LogP contribution in [0.1, 0.15) is 65.2 Å². The first-order valence-corrected chi connectivity index (χ1v) is 6.21. The van der Waals surface area contributed by atoms with Crippen molar-refractivity contribution in [2.75, 3.05) is 0 Å². The van der Waals surface area contributed by atoms with Gasteiger partial charge in [0, 0.05) is 0 Å². The lowest BCUT2D eigenvalue weighted by Crippen LogP contribution is -1.75. The summed E-state index contributed by atoms with van der Waals surface area (Å²) in [6, 6.07) is 0. The first kappa shape index (κ1) is 13.5. The second-order valence-corrected chi connectivity index (χ2v) is 3.78. The van der Waals surface area contributed by atoms with E-state index in [2.05, 4.69) is 38.2 Å². The lowest BCUT2D eigenvalue weighted by atomic mass is 10.1. The Balaban J connectivity index is 3.02. The normalized spacial score (nSPS) is 11.9. The van der Waals surface area contributed by atoms with E-state index in [4.69, 9.17) is 0 Å². The molecule has 0 heteroatoms. The highest BCUT2D eigenvalue weighted by Gasteiger charge is 1.85. The van der Waals surface area contributed by atoms with Crippen LogP contribution in [-0.4, -0.2) is 0 Å². The van der Waals surface area contributed by atoms with Gasteiger partial charge in [0.2, 0.25) is 0 Å². The summed E-state index contributed by atoms with van der Waals surface area (Å²) in [6.07, 6.45) is 19.6. The fourth-order valence-corrected chi connectivity index (χ4v) is 1.39. The largest absolute Gasteiger partial charge is 0.0888 e. The van der Waals surface area contributed by atoms with Gasteiger partial charge in [-0.3, -0.25) is 0 Å². The quantitative estimate of drug-likeness (QED) is 0.347. The SMILES string of the molecule is CC/C=C/CCCCC/C=C/CCC. The lowest BCUT2D eigenvalue weighted by Gasteiger charge is -1.95. The zero-order valence-corrected chi connectivity index (χ0v) is 9.97. The van der Waals surface area contributed by atoms with E-state index in [-0.39, 0.29) is 0 Å². The highest BCUT2D eigenvalue weighted by molar-refractivity contribution is 4.82. The Labute approximate surface area is 90.1 Å². The molecule has 0 nitrogen and oxygen atoms in total. The number of rotatable bonds is 9. The zero-order chi connectivity index (χ0) is 10.5. The predicted molar refractivity (Wildman–Crippen MR) is 66.6 cm³/mol. The average molecular weight is 194 g/mol. The molecule has 0 spiro atoms. The summed E-state index contributed by atoms with van der Waals surface area (Å²) in [4.78, 5) is 0. The number of hydrogen-bond donors (Lipinski definition) is 0. The third kappa shape index (κ3) is 11.5. The molecule has 0 bridgehead atoms. The first-order valence-electron chi connectivity index (χ1n) is 6.21. The van der Waals surface area contributed by atoms with E-state index < -0.39 is 0 Å². The summed E-state index contributed by atoms with van der Waals surface area (Å²) in [5, 5.41) is 0. The van der Waals surface area contributed by atoms with Crippen LogP contribution < -0.4 is 0 Å². The molecule has 0 aromatic heterocycles. The summed E-state index contributed by atoms with van der Waals surface area (Å²) < 4.78 is 0. The zero-order valence-electron chi connectivity index (χ0n) is 9.97. The van der Waals surface area contributed by atoms with Crippen molar-refractivity contribution in [3.8, 4) is 0 Å². The second-order valence-electron chi connectivity index (χ2n) is 3.78. The van der Waals surface area contributed by atoms with Gasteiger partial charge < -0.3 is 0 Å². The average Bonchev–Trinajstić information content (AvgIpc) is 2.21. The van der Waals surface area contributed by atoms with E-state index in [1.165, 1.54) is 51.4 Å². The molecule has 0 aliphatic heterocycles. The van der Waals surface area contributed by atoms with Gasteiger partial charge in [0.1, 0.15) is 0 Å². The van der Waals surface area contributed by atoms with Crippen LogP contribution in [0.5, 0.6) is 0 Å². The fraction of sp³-hybridized carbons (Fsp3) is 0.714. The minimum Gasteiger partial charge on any atom is -0.0888 e. The Hall–Kier alpha value is -0.520. The molecular weight excluding hydrogens is 168 g/mol. The Morgan fingerprint density at radius 3 is 1.79 bits per heavy atom. The van der Waals surface area contributed by atoms with Crippen LogP contribution in [-0.2, 0) is 0 Å². The minimum atomic E-state index is 1.18. The molecule has 0 fully saturated rings. The Morgan fingerprint density at radius 1 is 0.643 bits per heavy atom. The van der Waals surface area contributed by atoms with E-state index in [1.54, 1.807) is 0 Å². The Morgan fingerprint density at radius 2 is 1.21 bits per heavy atom. The maximum absolute atomic E-state index is 2.34. The molecule has 0 amide bonds. The molecule has 0 N–H and O–H groups in total. The molecule has 0 aromatic rings. The van der Waals surface area contributed by atoms with Crippen molar-refractivity contribution in [2.24, 2.45) is 0 Å². The highest BCUT2D eigenvalue weighted by atomic mass is 13.9. The van der Waals surface area contributed by atoms with Crippen molar-refractivity contribution in [3.63, 3.8) is 0 Å². The standard InChI is InChI=1S/C14H26/c1-3-5-7-9-11-13-14-12-10-8-6-4-2/h5,7-8,10H,3-4,6,9,11-14H2,1-2H3/b7-5+,10-8+. The van der Waals surface area contributed by atoms with Crippen LogP contribution in [0.3, 0.4) is 0 Å². The number of unbranched alkanes of at least 4 members (excludes halogenated alkanes) is 5. The summed E-state index contributed by atoms with van der Waals surface area (Å²) in [6.45, 7) is 4.42. The van der Waals surface area contributed by atoms with Gasteiger partial charge in [0.25, 0.3) is 0 Å². The van der Waals surface area contributed by atoms with Crippen LogP contribution in [0.4, 0.5) is 0 Å². The molecule has 0 rings (SSSR count). The van der Waals surface area contributed by atoms with Gasteiger partial charge in [0.05, 0.1) is 0 Å². The maximum Gasteiger partial charge on any atom is -0.0351 e. The van der Waals surface area contributed by atoms with E-state index in [1.807, 2.05) is 0 Å². The van der Waals surface area contributed by atoms with Crippen LogP contribution in [0.2, 0.25) is 0 Å². The van der Waals surface area contributed by atoms with Gasteiger partial charge in [0.15, 0.2) is 0 Å². The van der Waals surface area contributed by atoms with Crippen molar-refractivity contribution in [1.82, 2.24) is 0 Å². The van der Waals surface area contributed by atoms with Crippen LogP contribution >= 0.6 is 0 Å². The van der Waals surface area contributed by atoms with Gasteiger partial charge >= 0.3 is 0 Å². The summed E-state index contributed by atoms with van der Waals surface area (Å²) in [5.74, 6) is 0. The van der Waals surface area contributed by atoms with Gasteiger partial charge in [-0.25, -0.2) is 0 Å². The van der Waals surface area contributed by atoms with Crippen molar-refractivity contribution in [3.05, 3.63) is 24.3 Å². The third-order valence-corrected chi connectivity index (χ3v) is 2.27. The Kier molecular flexibility index (Phi) is 12.0. The van der Waals surface area contributed by atoms with E-state index in [0.29, 0.717) is 0 Å². The predicted octanol–water partition coefficient (Wildman–Crippen LogP) is 5.26. The van der Waals surface area contributed by atoms with E-state index in [9.17, 15) is 0 Å². The molecule has 0 unspecified atom stereocenters. The first-order chi connectivity index (χ1) is 6.91. The summed E-state index contributed by atoms with van der Waals surface area (Å²) >= 11 is 0. The number of allylic oxidation sites excluding steroid dienone is 4. The Bertz CT molecular complexity index is 142. The smallest absolute Gasteiger partial charge is 0.0351 e. The van der Waals surface area contributed by atoms with Crippen LogP contribution in [0, 0.1) is 0 Å². The van der Waals surface area contributed by atoms with Gasteiger partial charge in [-0.1, -0.05) is 51.0 Å². The maximum atomic E-state index is 2.34. The fourth-order valence-electron chi connectivity index (χ4n) is 1.39. The van der Waals surface area contributed by atoms with E-state index in [0.717, 1.165) is 0 Å². The van der Waals surface area contributed by atoms with Crippen LogP contribution in [0.25, 0.3) is 0 Å². The lowest BCUT2D eigenvalue weighted by molar-refractivity contribution is 0.694. The molecule has 0 aromatic carbocycles. The number of hydrogen-bond acceptors (Lipinski definition) is 0. The second kappa shape index (κ2) is 12.5. The monoisotopic (exact) mass is 194 g/mol. The molecule has 0 atom stereocenters. The third-order valence-electron chi connectivity index (χ3n) is 2.27. The molecular formula is C14H26. The van der Waals surface area contributed by atoms with Crippen molar-refractivity contribution < 1.29 is 0 Å². The molecule has 0 radical (unpaired) electrons. The highest BCUT2D eigenvalue weighted by Crippen LogP contribution is 2.05. The van der Waals surface area contributed by atoms with Gasteiger partial charge in [-0.15, -0.1) is 0 Å². The van der Waals surface area contributed by atoms with E-state index >= 15 is 0 Å². The van der Waals surface area contributed by atoms with Crippen molar-refractivity contribution in [2.45, 2.75) is 65.2 Å². The summed E-state index contributed by atoms with van der Waals surface area (Å²) in [5.41, 5.74) is 0. The molecule has 0 heterocycles. The minimum absolute atomic E-state index is 1.18. The van der Waals surface area contributed by atoms with Gasteiger partial charge in [-0.05, 0) is 38.5 Å².